The molecule has 6 nitrogen and oxygen atoms in total. The van der Waals surface area contributed by atoms with Crippen molar-refractivity contribution in [3.05, 3.63) is 18.0 Å². The number of rotatable bonds is 3. The molecule has 13 heavy (non-hydrogen) atoms. The van der Waals surface area contributed by atoms with Crippen molar-refractivity contribution in [2.45, 2.75) is 20.0 Å². The third-order valence-electron chi connectivity index (χ3n) is 1.36. The van der Waals surface area contributed by atoms with Crippen molar-refractivity contribution < 1.29 is 9.53 Å². The van der Waals surface area contributed by atoms with Crippen molar-refractivity contribution in [1.29, 1.82) is 0 Å². The second kappa shape index (κ2) is 3.79. The first kappa shape index (κ1) is 9.37. The van der Waals surface area contributed by atoms with Crippen molar-refractivity contribution >= 4 is 5.97 Å². The van der Waals surface area contributed by atoms with Crippen molar-refractivity contribution in [3.63, 3.8) is 0 Å². The molecule has 0 fully saturated rings. The van der Waals surface area contributed by atoms with E-state index in [1.807, 2.05) is 0 Å². The standard InChI is InChI=1S/C7H10N4O2/c1-4(2)7(12)13-5(3)6-8-10-11-9-6/h5H,1H2,2-3H3,(H,8,9,10,11). The molecule has 1 atom stereocenters. The molecular weight excluding hydrogens is 172 g/mol. The molecule has 0 spiro atoms. The Hall–Kier alpha value is -1.72. The quantitative estimate of drug-likeness (QED) is 0.539. The SMILES string of the molecule is C=C(C)C(=O)OC(C)c1nn[nH]n1. The molecule has 1 heterocycles. The topological polar surface area (TPSA) is 80.8 Å². The van der Waals surface area contributed by atoms with Gasteiger partial charge in [0.05, 0.1) is 0 Å². The van der Waals surface area contributed by atoms with Gasteiger partial charge in [-0.3, -0.25) is 0 Å². The lowest BCUT2D eigenvalue weighted by Crippen LogP contribution is -2.10. The summed E-state index contributed by atoms with van der Waals surface area (Å²) in [6.45, 7) is 6.68. The second-order valence-corrected chi connectivity index (χ2v) is 2.60. The van der Waals surface area contributed by atoms with Crippen LogP contribution in [-0.2, 0) is 9.53 Å². The Morgan fingerprint density at radius 2 is 2.38 bits per heavy atom. The zero-order chi connectivity index (χ0) is 9.84. The monoisotopic (exact) mass is 182 g/mol. The molecule has 0 aliphatic heterocycles. The summed E-state index contributed by atoms with van der Waals surface area (Å²) >= 11 is 0. The maximum atomic E-state index is 11.0. The molecule has 0 amide bonds. The molecule has 6 heteroatoms. The van der Waals surface area contributed by atoms with Crippen LogP contribution in [0.15, 0.2) is 12.2 Å². The first-order chi connectivity index (χ1) is 6.11. The fraction of sp³-hybridized carbons (Fsp3) is 0.429. The summed E-state index contributed by atoms with van der Waals surface area (Å²) < 4.78 is 4.93. The fourth-order valence-corrected chi connectivity index (χ4v) is 0.656. The molecule has 0 radical (unpaired) electrons. The van der Waals surface area contributed by atoms with Crippen molar-refractivity contribution in [2.75, 3.05) is 0 Å². The number of tetrazole rings is 1. The van der Waals surface area contributed by atoms with Gasteiger partial charge in [-0.1, -0.05) is 11.8 Å². The average Bonchev–Trinajstić information content (AvgIpc) is 2.55. The highest BCUT2D eigenvalue weighted by atomic mass is 16.5. The Kier molecular flexibility index (Phi) is 2.73. The summed E-state index contributed by atoms with van der Waals surface area (Å²) in [5, 5.41) is 13.0. The number of H-pyrrole nitrogens is 1. The van der Waals surface area contributed by atoms with Gasteiger partial charge >= 0.3 is 5.97 Å². The predicted molar refractivity (Wildman–Crippen MR) is 43.5 cm³/mol. The molecule has 1 rings (SSSR count). The maximum absolute atomic E-state index is 11.0. The molecule has 0 aliphatic rings. The van der Waals surface area contributed by atoms with Crippen LogP contribution in [0.25, 0.3) is 0 Å². The van der Waals surface area contributed by atoms with Gasteiger partial charge in [-0.25, -0.2) is 4.79 Å². The number of carbonyl (C=O) groups is 1. The summed E-state index contributed by atoms with van der Waals surface area (Å²) in [5.74, 6) is -0.119. The van der Waals surface area contributed by atoms with Gasteiger partial charge in [0, 0.05) is 5.57 Å². The molecule has 0 saturated carbocycles. The lowest BCUT2D eigenvalue weighted by Gasteiger charge is -2.08. The van der Waals surface area contributed by atoms with Crippen LogP contribution in [0.1, 0.15) is 25.8 Å². The van der Waals surface area contributed by atoms with Crippen LogP contribution < -0.4 is 0 Å². The molecule has 0 bridgehead atoms. The van der Waals surface area contributed by atoms with E-state index >= 15 is 0 Å². The van der Waals surface area contributed by atoms with Gasteiger partial charge < -0.3 is 4.74 Å². The minimum absolute atomic E-state index is 0.342. The average molecular weight is 182 g/mol. The number of esters is 1. The van der Waals surface area contributed by atoms with E-state index in [1.54, 1.807) is 13.8 Å². The van der Waals surface area contributed by atoms with Crippen LogP contribution >= 0.6 is 0 Å². The van der Waals surface area contributed by atoms with Gasteiger partial charge in [-0.15, -0.1) is 10.2 Å². The number of carbonyl (C=O) groups excluding carboxylic acids is 1. The number of aromatic amines is 1. The highest BCUT2D eigenvalue weighted by molar-refractivity contribution is 5.87. The van der Waals surface area contributed by atoms with Crippen LogP contribution in [0.5, 0.6) is 0 Å². The first-order valence-electron chi connectivity index (χ1n) is 3.71. The summed E-state index contributed by atoms with van der Waals surface area (Å²) in [6.07, 6.45) is -0.511. The number of aromatic nitrogens is 4. The lowest BCUT2D eigenvalue weighted by molar-refractivity contribution is -0.144. The summed E-state index contributed by atoms with van der Waals surface area (Å²) in [4.78, 5) is 11.0. The van der Waals surface area contributed by atoms with E-state index in [9.17, 15) is 4.79 Å². The number of hydrogen-bond acceptors (Lipinski definition) is 5. The van der Waals surface area contributed by atoms with Gasteiger partial charge in [0.1, 0.15) is 0 Å². The molecule has 1 unspecified atom stereocenters. The third kappa shape index (κ3) is 2.36. The Balaban J connectivity index is 2.56. The molecule has 1 aromatic heterocycles. The molecule has 1 N–H and O–H groups in total. The van der Waals surface area contributed by atoms with Gasteiger partial charge in [0.25, 0.3) is 0 Å². The molecular formula is C7H10N4O2. The Labute approximate surface area is 75.0 Å². The van der Waals surface area contributed by atoms with E-state index in [0.717, 1.165) is 0 Å². The van der Waals surface area contributed by atoms with E-state index in [-0.39, 0.29) is 0 Å². The highest BCUT2D eigenvalue weighted by Gasteiger charge is 2.15. The summed E-state index contributed by atoms with van der Waals surface area (Å²) in [7, 11) is 0. The number of nitrogens with zero attached hydrogens (tertiary/aromatic N) is 3. The smallest absolute Gasteiger partial charge is 0.333 e. The Morgan fingerprint density at radius 1 is 1.69 bits per heavy atom. The normalized spacial score (nSPS) is 12.2. The van der Waals surface area contributed by atoms with Crippen LogP contribution in [-0.4, -0.2) is 26.6 Å². The Morgan fingerprint density at radius 3 is 2.85 bits per heavy atom. The van der Waals surface area contributed by atoms with Gasteiger partial charge in [0.2, 0.25) is 5.82 Å². The van der Waals surface area contributed by atoms with Crippen molar-refractivity contribution in [3.8, 4) is 0 Å². The molecule has 1 aromatic rings. The first-order valence-corrected chi connectivity index (χ1v) is 3.71. The van der Waals surface area contributed by atoms with E-state index in [1.165, 1.54) is 0 Å². The van der Waals surface area contributed by atoms with E-state index < -0.39 is 12.1 Å². The third-order valence-corrected chi connectivity index (χ3v) is 1.36. The van der Waals surface area contributed by atoms with Crippen LogP contribution in [0.4, 0.5) is 0 Å². The minimum atomic E-state index is -0.511. The van der Waals surface area contributed by atoms with Crippen LogP contribution in [0.3, 0.4) is 0 Å². The van der Waals surface area contributed by atoms with Gasteiger partial charge in [0.15, 0.2) is 6.10 Å². The molecule has 0 aromatic carbocycles. The fourth-order valence-electron chi connectivity index (χ4n) is 0.656. The number of nitrogens with one attached hydrogen (secondary N) is 1. The molecule has 70 valence electrons. The van der Waals surface area contributed by atoms with Gasteiger partial charge in [-0.05, 0) is 13.8 Å². The number of ether oxygens (including phenoxy) is 1. The van der Waals surface area contributed by atoms with E-state index in [4.69, 9.17) is 4.74 Å². The van der Waals surface area contributed by atoms with E-state index in [2.05, 4.69) is 27.2 Å². The molecule has 0 saturated heterocycles. The van der Waals surface area contributed by atoms with Gasteiger partial charge in [-0.2, -0.15) is 5.21 Å². The van der Waals surface area contributed by atoms with Crippen molar-refractivity contribution in [2.24, 2.45) is 0 Å². The predicted octanol–water partition coefficient (Wildman–Crippen LogP) is 0.380. The van der Waals surface area contributed by atoms with Crippen LogP contribution in [0.2, 0.25) is 0 Å². The zero-order valence-electron chi connectivity index (χ0n) is 7.44. The largest absolute Gasteiger partial charge is 0.451 e. The zero-order valence-corrected chi connectivity index (χ0v) is 7.44. The maximum Gasteiger partial charge on any atom is 0.333 e. The minimum Gasteiger partial charge on any atom is -0.451 e. The highest BCUT2D eigenvalue weighted by Crippen LogP contribution is 2.11. The van der Waals surface area contributed by atoms with E-state index in [0.29, 0.717) is 11.4 Å². The van der Waals surface area contributed by atoms with Crippen LogP contribution in [0, 0.1) is 0 Å². The second-order valence-electron chi connectivity index (χ2n) is 2.60. The summed E-state index contributed by atoms with van der Waals surface area (Å²) in [5.41, 5.74) is 0.343. The lowest BCUT2D eigenvalue weighted by atomic mass is 10.3. The number of hydrogen-bond donors (Lipinski definition) is 1. The summed E-state index contributed by atoms with van der Waals surface area (Å²) in [6, 6.07) is 0. The molecule has 0 aliphatic carbocycles. The van der Waals surface area contributed by atoms with Crippen molar-refractivity contribution in [1.82, 2.24) is 20.6 Å². The Bertz CT molecular complexity index is 306.